The first kappa shape index (κ1) is 11.4. The second kappa shape index (κ2) is 4.83. The Balaban J connectivity index is 1.96. The number of piperidine rings is 1. The predicted octanol–water partition coefficient (Wildman–Crippen LogP) is 2.58. The lowest BCUT2D eigenvalue weighted by molar-refractivity contribution is 0.206. The number of hydrogen-bond donors (Lipinski definition) is 1. The number of benzene rings is 1. The zero-order valence-corrected chi connectivity index (χ0v) is 9.91. The van der Waals surface area contributed by atoms with E-state index in [4.69, 9.17) is 0 Å². The van der Waals surface area contributed by atoms with Crippen LogP contribution in [0.2, 0.25) is 0 Å². The van der Waals surface area contributed by atoms with Crippen molar-refractivity contribution in [1.82, 2.24) is 4.90 Å². The zero-order chi connectivity index (χ0) is 11.5. The van der Waals surface area contributed by atoms with E-state index >= 15 is 0 Å². The SMILES string of the molecule is C[C@H]1CN(C)CC[C@H]1Nc1ccc(F)cc1. The summed E-state index contributed by atoms with van der Waals surface area (Å²) in [7, 11) is 2.16. The van der Waals surface area contributed by atoms with Crippen LogP contribution in [0.3, 0.4) is 0 Å². The van der Waals surface area contributed by atoms with Crippen LogP contribution < -0.4 is 5.32 Å². The molecule has 2 rings (SSSR count). The third-order valence-corrected chi connectivity index (χ3v) is 3.30. The van der Waals surface area contributed by atoms with E-state index in [1.807, 2.05) is 0 Å². The fourth-order valence-corrected chi connectivity index (χ4v) is 2.33. The van der Waals surface area contributed by atoms with Crippen LogP contribution in [0.4, 0.5) is 10.1 Å². The van der Waals surface area contributed by atoms with Crippen molar-refractivity contribution >= 4 is 5.69 Å². The smallest absolute Gasteiger partial charge is 0.123 e. The van der Waals surface area contributed by atoms with Gasteiger partial charge in [-0.3, -0.25) is 0 Å². The molecule has 0 saturated carbocycles. The maximum Gasteiger partial charge on any atom is 0.123 e. The van der Waals surface area contributed by atoms with Gasteiger partial charge in [0.15, 0.2) is 0 Å². The van der Waals surface area contributed by atoms with Crippen LogP contribution in [0.25, 0.3) is 0 Å². The third kappa shape index (κ3) is 2.73. The van der Waals surface area contributed by atoms with Crippen molar-refractivity contribution in [2.45, 2.75) is 19.4 Å². The standard InChI is InChI=1S/C13H19FN2/c1-10-9-16(2)8-7-13(10)15-12-5-3-11(14)4-6-12/h3-6,10,13,15H,7-9H2,1-2H3/t10-,13+/m0/s1. The zero-order valence-electron chi connectivity index (χ0n) is 9.91. The highest BCUT2D eigenvalue weighted by Crippen LogP contribution is 2.20. The fourth-order valence-electron chi connectivity index (χ4n) is 2.33. The molecular weight excluding hydrogens is 203 g/mol. The second-order valence-electron chi connectivity index (χ2n) is 4.79. The van der Waals surface area contributed by atoms with Gasteiger partial charge in [0.1, 0.15) is 5.82 Å². The molecule has 2 atom stereocenters. The van der Waals surface area contributed by atoms with E-state index in [2.05, 4.69) is 24.2 Å². The molecular formula is C13H19FN2. The van der Waals surface area contributed by atoms with E-state index < -0.39 is 0 Å². The number of halogens is 1. The topological polar surface area (TPSA) is 15.3 Å². The molecule has 1 heterocycles. The molecule has 0 aliphatic carbocycles. The minimum absolute atomic E-state index is 0.179. The normalized spacial score (nSPS) is 26.7. The number of rotatable bonds is 2. The van der Waals surface area contributed by atoms with Gasteiger partial charge in [0, 0.05) is 18.3 Å². The molecule has 0 radical (unpaired) electrons. The van der Waals surface area contributed by atoms with Gasteiger partial charge >= 0.3 is 0 Å². The van der Waals surface area contributed by atoms with Crippen molar-refractivity contribution < 1.29 is 4.39 Å². The Morgan fingerprint density at radius 3 is 2.62 bits per heavy atom. The van der Waals surface area contributed by atoms with Crippen molar-refractivity contribution in [1.29, 1.82) is 0 Å². The van der Waals surface area contributed by atoms with Crippen molar-refractivity contribution in [3.63, 3.8) is 0 Å². The maximum absolute atomic E-state index is 12.8. The molecule has 2 nitrogen and oxygen atoms in total. The summed E-state index contributed by atoms with van der Waals surface area (Å²) in [6.45, 7) is 4.51. The average Bonchev–Trinajstić information content (AvgIpc) is 2.25. The molecule has 3 heteroatoms. The molecule has 88 valence electrons. The summed E-state index contributed by atoms with van der Waals surface area (Å²) in [4.78, 5) is 2.35. The summed E-state index contributed by atoms with van der Waals surface area (Å²) in [5, 5.41) is 3.49. The van der Waals surface area contributed by atoms with E-state index in [0.717, 1.165) is 25.2 Å². The van der Waals surface area contributed by atoms with Crippen molar-refractivity contribution in [3.8, 4) is 0 Å². The van der Waals surface area contributed by atoms with Gasteiger partial charge in [-0.2, -0.15) is 0 Å². The Bertz CT molecular complexity index is 336. The van der Waals surface area contributed by atoms with E-state index in [0.29, 0.717) is 12.0 Å². The monoisotopic (exact) mass is 222 g/mol. The lowest BCUT2D eigenvalue weighted by Gasteiger charge is -2.35. The number of nitrogens with zero attached hydrogens (tertiary/aromatic N) is 1. The average molecular weight is 222 g/mol. The van der Waals surface area contributed by atoms with Crippen LogP contribution in [0.15, 0.2) is 24.3 Å². The summed E-state index contributed by atoms with van der Waals surface area (Å²) in [5.74, 6) is 0.450. The van der Waals surface area contributed by atoms with Crippen LogP contribution in [0.5, 0.6) is 0 Å². The highest BCUT2D eigenvalue weighted by atomic mass is 19.1. The van der Waals surface area contributed by atoms with E-state index in [1.165, 1.54) is 12.1 Å². The van der Waals surface area contributed by atoms with Crippen molar-refractivity contribution in [3.05, 3.63) is 30.1 Å². The van der Waals surface area contributed by atoms with Gasteiger partial charge in [-0.1, -0.05) is 6.92 Å². The maximum atomic E-state index is 12.8. The Kier molecular flexibility index (Phi) is 3.44. The van der Waals surface area contributed by atoms with Gasteiger partial charge < -0.3 is 10.2 Å². The van der Waals surface area contributed by atoms with Crippen LogP contribution in [0, 0.1) is 11.7 Å². The summed E-state index contributed by atoms with van der Waals surface area (Å²) in [6, 6.07) is 7.12. The first-order chi connectivity index (χ1) is 7.65. The predicted molar refractivity (Wildman–Crippen MR) is 65.1 cm³/mol. The van der Waals surface area contributed by atoms with E-state index in [1.54, 1.807) is 12.1 Å². The first-order valence-electron chi connectivity index (χ1n) is 5.86. The summed E-state index contributed by atoms with van der Waals surface area (Å²) >= 11 is 0. The lowest BCUT2D eigenvalue weighted by atomic mass is 9.94. The van der Waals surface area contributed by atoms with Gasteiger partial charge in [0.25, 0.3) is 0 Å². The Morgan fingerprint density at radius 1 is 1.31 bits per heavy atom. The molecule has 0 unspecified atom stereocenters. The summed E-state index contributed by atoms with van der Waals surface area (Å²) in [6.07, 6.45) is 1.15. The highest BCUT2D eigenvalue weighted by Gasteiger charge is 2.23. The van der Waals surface area contributed by atoms with Gasteiger partial charge in [-0.25, -0.2) is 4.39 Å². The van der Waals surface area contributed by atoms with Gasteiger partial charge in [0.05, 0.1) is 0 Å². The molecule has 0 bridgehead atoms. The molecule has 0 aromatic heterocycles. The molecule has 0 amide bonds. The minimum atomic E-state index is -0.179. The number of anilines is 1. The van der Waals surface area contributed by atoms with Gasteiger partial charge in [-0.15, -0.1) is 0 Å². The quantitative estimate of drug-likeness (QED) is 0.827. The largest absolute Gasteiger partial charge is 0.382 e. The molecule has 1 saturated heterocycles. The molecule has 1 aromatic carbocycles. The summed E-state index contributed by atoms with van der Waals surface area (Å²) in [5.41, 5.74) is 1.02. The van der Waals surface area contributed by atoms with Crippen molar-refractivity contribution in [2.24, 2.45) is 5.92 Å². The van der Waals surface area contributed by atoms with Crippen LogP contribution in [0.1, 0.15) is 13.3 Å². The van der Waals surface area contributed by atoms with Crippen molar-refractivity contribution in [2.75, 3.05) is 25.5 Å². The number of nitrogens with one attached hydrogen (secondary N) is 1. The molecule has 1 N–H and O–H groups in total. The first-order valence-corrected chi connectivity index (χ1v) is 5.86. The second-order valence-corrected chi connectivity index (χ2v) is 4.79. The van der Waals surface area contributed by atoms with E-state index in [9.17, 15) is 4.39 Å². The Labute approximate surface area is 96.5 Å². The van der Waals surface area contributed by atoms with Gasteiger partial charge in [-0.05, 0) is 50.2 Å². The number of likely N-dealkylation sites (tertiary alicyclic amines) is 1. The van der Waals surface area contributed by atoms with Crippen LogP contribution >= 0.6 is 0 Å². The molecule has 0 spiro atoms. The minimum Gasteiger partial charge on any atom is -0.382 e. The summed E-state index contributed by atoms with van der Waals surface area (Å²) < 4.78 is 12.8. The lowest BCUT2D eigenvalue weighted by Crippen LogP contribution is -2.43. The molecule has 16 heavy (non-hydrogen) atoms. The molecule has 1 aliphatic heterocycles. The number of hydrogen-bond acceptors (Lipinski definition) is 2. The Morgan fingerprint density at radius 2 is 2.00 bits per heavy atom. The Hall–Kier alpha value is -1.09. The molecule has 1 aromatic rings. The highest BCUT2D eigenvalue weighted by molar-refractivity contribution is 5.44. The van der Waals surface area contributed by atoms with Gasteiger partial charge in [0.2, 0.25) is 0 Å². The third-order valence-electron chi connectivity index (χ3n) is 3.30. The van der Waals surface area contributed by atoms with Crippen LogP contribution in [-0.4, -0.2) is 31.1 Å². The fraction of sp³-hybridized carbons (Fsp3) is 0.538. The molecule has 1 aliphatic rings. The molecule has 1 fully saturated rings. The van der Waals surface area contributed by atoms with E-state index in [-0.39, 0.29) is 5.82 Å². The van der Waals surface area contributed by atoms with Crippen LogP contribution in [-0.2, 0) is 0 Å².